The number of aromatic nitrogens is 1. The lowest BCUT2D eigenvalue weighted by Gasteiger charge is -2.29. The zero-order chi connectivity index (χ0) is 20.8. The molecule has 2 aliphatic rings. The zero-order valence-electron chi connectivity index (χ0n) is 16.9. The lowest BCUT2D eigenvalue weighted by molar-refractivity contribution is -0.146. The molecule has 0 radical (unpaired) electrons. The first-order valence-electron chi connectivity index (χ1n) is 10.0. The maximum atomic E-state index is 13.1. The third-order valence-electron chi connectivity index (χ3n) is 5.94. The molecular weight excluding hydrogens is 404 g/mol. The predicted molar refractivity (Wildman–Crippen MR) is 118 cm³/mol. The van der Waals surface area contributed by atoms with E-state index >= 15 is 0 Å². The summed E-state index contributed by atoms with van der Waals surface area (Å²) in [5.41, 5.74) is 3.57. The Morgan fingerprint density at radius 2 is 1.97 bits per heavy atom. The number of nitrogens with zero attached hydrogens (tertiary/aromatic N) is 1. The Morgan fingerprint density at radius 1 is 1.24 bits per heavy atom. The maximum absolute atomic E-state index is 13.1. The van der Waals surface area contributed by atoms with Gasteiger partial charge in [-0.15, -0.1) is 22.7 Å². The largest absolute Gasteiger partial charge is 0.481 e. The minimum atomic E-state index is -0.905. The van der Waals surface area contributed by atoms with Crippen molar-refractivity contribution in [1.82, 2.24) is 4.98 Å². The number of aryl methyl sites for hydroxylation is 1. The number of amides is 1. The van der Waals surface area contributed by atoms with Crippen LogP contribution in [0, 0.1) is 24.2 Å². The number of fused-ring (bicyclic) bond motifs is 1. The molecule has 0 aliphatic heterocycles. The van der Waals surface area contributed by atoms with Gasteiger partial charge >= 0.3 is 5.97 Å². The van der Waals surface area contributed by atoms with Crippen LogP contribution in [0.1, 0.15) is 49.2 Å². The van der Waals surface area contributed by atoms with Crippen LogP contribution < -0.4 is 5.32 Å². The fourth-order valence-corrected chi connectivity index (χ4v) is 6.72. The van der Waals surface area contributed by atoms with Crippen molar-refractivity contribution in [3.05, 3.63) is 33.7 Å². The van der Waals surface area contributed by atoms with Gasteiger partial charge in [-0.05, 0) is 50.0 Å². The van der Waals surface area contributed by atoms with Crippen molar-refractivity contribution in [1.29, 1.82) is 0 Å². The van der Waals surface area contributed by atoms with Crippen LogP contribution >= 0.6 is 22.7 Å². The molecule has 29 heavy (non-hydrogen) atoms. The molecule has 154 valence electrons. The Bertz CT molecular complexity index is 986. The second-order valence-corrected chi connectivity index (χ2v) is 10.8. The molecule has 0 saturated carbocycles. The third kappa shape index (κ3) is 4.03. The highest BCUT2D eigenvalue weighted by atomic mass is 32.1. The number of carboxylic acids is 1. The summed E-state index contributed by atoms with van der Waals surface area (Å²) in [7, 11) is 0. The topological polar surface area (TPSA) is 79.3 Å². The summed E-state index contributed by atoms with van der Waals surface area (Å²) in [5, 5.41) is 16.4. The number of rotatable bonds is 4. The lowest BCUT2D eigenvalue weighted by atomic mass is 9.77. The molecule has 0 spiro atoms. The van der Waals surface area contributed by atoms with Gasteiger partial charge in [-0.25, -0.2) is 4.98 Å². The van der Waals surface area contributed by atoms with Crippen LogP contribution in [0.15, 0.2) is 17.5 Å². The van der Waals surface area contributed by atoms with E-state index in [0.29, 0.717) is 12.8 Å². The SMILES string of the molecule is Cc1csc(-c2c(NC(=O)[C@H]3CC=CC[C@H]3C(=O)O)sc3c2CCC(C)(C)C3)n1. The average molecular weight is 431 g/mol. The van der Waals surface area contributed by atoms with E-state index in [1.54, 1.807) is 22.7 Å². The van der Waals surface area contributed by atoms with E-state index < -0.39 is 17.8 Å². The zero-order valence-corrected chi connectivity index (χ0v) is 18.6. The number of anilines is 1. The quantitative estimate of drug-likeness (QED) is 0.645. The fraction of sp³-hybridized carbons (Fsp3) is 0.500. The summed E-state index contributed by atoms with van der Waals surface area (Å²) < 4.78 is 0. The van der Waals surface area contributed by atoms with Crippen LogP contribution in [0.5, 0.6) is 0 Å². The van der Waals surface area contributed by atoms with E-state index in [0.717, 1.165) is 40.5 Å². The molecule has 2 heterocycles. The Morgan fingerprint density at radius 3 is 2.62 bits per heavy atom. The van der Waals surface area contributed by atoms with E-state index in [1.165, 1.54) is 10.4 Å². The minimum absolute atomic E-state index is 0.200. The molecule has 2 aromatic heterocycles. The van der Waals surface area contributed by atoms with Gasteiger partial charge in [0, 0.05) is 21.5 Å². The molecule has 0 bridgehead atoms. The van der Waals surface area contributed by atoms with Gasteiger partial charge in [0.05, 0.1) is 11.8 Å². The Hall–Kier alpha value is -1.99. The molecule has 5 nitrogen and oxygen atoms in total. The second kappa shape index (κ2) is 7.69. The van der Waals surface area contributed by atoms with Crippen LogP contribution in [0.25, 0.3) is 10.6 Å². The van der Waals surface area contributed by atoms with Gasteiger partial charge in [0.15, 0.2) is 0 Å². The number of thiazole rings is 1. The molecule has 2 aromatic rings. The van der Waals surface area contributed by atoms with Crippen molar-refractivity contribution in [3.63, 3.8) is 0 Å². The molecule has 0 aromatic carbocycles. The minimum Gasteiger partial charge on any atom is -0.481 e. The van der Waals surface area contributed by atoms with Crippen molar-refractivity contribution >= 4 is 39.6 Å². The molecule has 7 heteroatoms. The summed E-state index contributed by atoms with van der Waals surface area (Å²) in [6.45, 7) is 6.55. The molecule has 2 aliphatic carbocycles. The lowest BCUT2D eigenvalue weighted by Crippen LogP contribution is -2.34. The second-order valence-electron chi connectivity index (χ2n) is 8.83. The van der Waals surface area contributed by atoms with E-state index in [9.17, 15) is 14.7 Å². The number of thiophene rings is 1. The number of allylic oxidation sites excluding steroid dienone is 2. The first-order chi connectivity index (χ1) is 13.7. The van der Waals surface area contributed by atoms with Crippen molar-refractivity contribution in [2.45, 2.75) is 52.9 Å². The van der Waals surface area contributed by atoms with E-state index in [2.05, 4.69) is 24.1 Å². The standard InChI is InChI=1S/C22H26N2O3S2/c1-12-11-28-19(23-12)17-15-8-9-22(2,3)10-16(15)29-20(17)24-18(25)13-6-4-5-7-14(13)21(26)27/h4-5,11,13-14H,6-10H2,1-3H3,(H,24,25)(H,26,27)/t13-,14+/m0/s1. The number of aliphatic carboxylic acids is 1. The first kappa shape index (κ1) is 20.3. The summed E-state index contributed by atoms with van der Waals surface area (Å²) >= 11 is 3.24. The van der Waals surface area contributed by atoms with Crippen molar-refractivity contribution in [2.75, 3.05) is 5.32 Å². The van der Waals surface area contributed by atoms with Gasteiger partial charge in [-0.3, -0.25) is 9.59 Å². The number of hydrogen-bond donors (Lipinski definition) is 2. The summed E-state index contributed by atoms with van der Waals surface area (Å²) in [5.74, 6) is -2.32. The normalized spacial score (nSPS) is 22.9. The predicted octanol–water partition coefficient (Wildman–Crippen LogP) is 5.30. The third-order valence-corrected chi connectivity index (χ3v) is 8.06. The number of nitrogens with one attached hydrogen (secondary N) is 1. The average Bonchev–Trinajstić information content (AvgIpc) is 3.23. The molecule has 1 amide bonds. The van der Waals surface area contributed by atoms with Gasteiger partial charge in [-0.2, -0.15) is 0 Å². The van der Waals surface area contributed by atoms with Crippen LogP contribution in [-0.4, -0.2) is 22.0 Å². The number of carboxylic acid groups (broad SMARTS) is 1. The van der Waals surface area contributed by atoms with Gasteiger partial charge in [-0.1, -0.05) is 26.0 Å². The van der Waals surface area contributed by atoms with Crippen LogP contribution in [0.2, 0.25) is 0 Å². The highest BCUT2D eigenvalue weighted by Crippen LogP contribution is 2.48. The van der Waals surface area contributed by atoms with Crippen molar-refractivity contribution in [2.24, 2.45) is 17.3 Å². The molecule has 0 fully saturated rings. The van der Waals surface area contributed by atoms with Crippen LogP contribution in [0.4, 0.5) is 5.00 Å². The van der Waals surface area contributed by atoms with Crippen molar-refractivity contribution in [3.8, 4) is 10.6 Å². The summed E-state index contributed by atoms with van der Waals surface area (Å²) in [6, 6.07) is 0. The Kier molecular flexibility index (Phi) is 5.38. The smallest absolute Gasteiger partial charge is 0.307 e. The van der Waals surface area contributed by atoms with Gasteiger partial charge in [0.25, 0.3) is 0 Å². The van der Waals surface area contributed by atoms with Gasteiger partial charge < -0.3 is 10.4 Å². The Balaban J connectivity index is 1.70. The molecule has 2 N–H and O–H groups in total. The molecular formula is C22H26N2O3S2. The number of hydrogen-bond acceptors (Lipinski definition) is 5. The molecule has 4 rings (SSSR count). The van der Waals surface area contributed by atoms with Crippen LogP contribution in [-0.2, 0) is 22.4 Å². The highest BCUT2D eigenvalue weighted by Gasteiger charge is 2.36. The van der Waals surface area contributed by atoms with Crippen molar-refractivity contribution < 1.29 is 14.7 Å². The number of carbonyl (C=O) groups excluding carboxylic acids is 1. The summed E-state index contributed by atoms with van der Waals surface area (Å²) in [4.78, 5) is 30.7. The molecule has 2 atom stereocenters. The first-order valence-corrected chi connectivity index (χ1v) is 11.7. The maximum Gasteiger partial charge on any atom is 0.307 e. The summed E-state index contributed by atoms with van der Waals surface area (Å²) in [6.07, 6.45) is 7.72. The Labute approximate surface area is 178 Å². The van der Waals surface area contributed by atoms with E-state index in [4.69, 9.17) is 0 Å². The monoisotopic (exact) mass is 430 g/mol. The fourth-order valence-electron chi connectivity index (χ4n) is 4.27. The van der Waals surface area contributed by atoms with E-state index in [-0.39, 0.29) is 11.3 Å². The van der Waals surface area contributed by atoms with Gasteiger partial charge in [0.1, 0.15) is 10.0 Å². The van der Waals surface area contributed by atoms with Crippen LogP contribution in [0.3, 0.4) is 0 Å². The van der Waals surface area contributed by atoms with Gasteiger partial charge in [0.2, 0.25) is 5.91 Å². The number of carbonyl (C=O) groups is 2. The highest BCUT2D eigenvalue weighted by molar-refractivity contribution is 7.18. The molecule has 0 saturated heterocycles. The molecule has 0 unspecified atom stereocenters. The van der Waals surface area contributed by atoms with E-state index in [1.807, 2.05) is 24.5 Å².